The van der Waals surface area contributed by atoms with E-state index in [-0.39, 0.29) is 6.04 Å². The second-order valence-corrected chi connectivity index (χ2v) is 5.87. The molecule has 0 aliphatic heterocycles. The molecule has 4 heteroatoms. The molecule has 0 saturated carbocycles. The molecule has 0 spiro atoms. The second-order valence-electron chi connectivity index (χ2n) is 4.95. The Labute approximate surface area is 122 Å². The van der Waals surface area contributed by atoms with Crippen LogP contribution in [0.4, 0.5) is 0 Å². The number of nitrogens with zero attached hydrogens (tertiary/aromatic N) is 2. The van der Waals surface area contributed by atoms with Gasteiger partial charge in [0, 0.05) is 28.2 Å². The maximum absolute atomic E-state index is 5.83. The van der Waals surface area contributed by atoms with Crippen LogP contribution in [0, 0.1) is 13.8 Å². The van der Waals surface area contributed by atoms with Crippen molar-refractivity contribution in [1.82, 2.24) is 9.97 Å². The van der Waals surface area contributed by atoms with Crippen LogP contribution in [-0.4, -0.2) is 16.0 Å². The first kappa shape index (κ1) is 14.2. The Hall–Kier alpha value is -1.26. The van der Waals surface area contributed by atoms with E-state index in [2.05, 4.69) is 45.0 Å². The minimum absolute atomic E-state index is 0.0678. The van der Waals surface area contributed by atoms with Gasteiger partial charge in [0.15, 0.2) is 0 Å². The van der Waals surface area contributed by atoms with Crippen LogP contribution >= 0.6 is 15.9 Å². The molecular formula is C15H18BrN3. The molecule has 0 aliphatic carbocycles. The van der Waals surface area contributed by atoms with E-state index in [1.807, 2.05) is 26.0 Å². The predicted molar refractivity (Wildman–Crippen MR) is 82.0 cm³/mol. The zero-order chi connectivity index (χ0) is 14.0. The van der Waals surface area contributed by atoms with E-state index in [1.165, 1.54) is 5.56 Å². The summed E-state index contributed by atoms with van der Waals surface area (Å²) in [7, 11) is 0. The summed E-state index contributed by atoms with van der Waals surface area (Å²) in [6.45, 7) is 6.04. The second kappa shape index (κ2) is 5.80. The van der Waals surface area contributed by atoms with E-state index in [0.717, 1.165) is 27.2 Å². The van der Waals surface area contributed by atoms with Crippen molar-refractivity contribution in [1.29, 1.82) is 0 Å². The summed E-state index contributed by atoms with van der Waals surface area (Å²) in [5, 5.41) is 0. The standard InChI is InChI=1S/C15H18BrN3/c1-9-4-5-12(16)8-13(9)14-7-11(3)18-15(19-14)6-10(2)17/h4-5,7-8,10H,6,17H2,1-3H3. The lowest BCUT2D eigenvalue weighted by Gasteiger charge is -2.10. The Morgan fingerprint density at radius 1 is 1.21 bits per heavy atom. The van der Waals surface area contributed by atoms with Crippen molar-refractivity contribution in [2.45, 2.75) is 33.2 Å². The molecule has 3 nitrogen and oxygen atoms in total. The van der Waals surface area contributed by atoms with Gasteiger partial charge < -0.3 is 5.73 Å². The number of benzene rings is 1. The molecule has 0 bridgehead atoms. The van der Waals surface area contributed by atoms with Gasteiger partial charge in [-0.1, -0.05) is 22.0 Å². The molecular weight excluding hydrogens is 302 g/mol. The van der Waals surface area contributed by atoms with Crippen LogP contribution in [0.2, 0.25) is 0 Å². The van der Waals surface area contributed by atoms with Crippen LogP contribution < -0.4 is 5.73 Å². The fraction of sp³-hybridized carbons (Fsp3) is 0.333. The minimum atomic E-state index is 0.0678. The Kier molecular flexibility index (Phi) is 4.32. The van der Waals surface area contributed by atoms with Crippen LogP contribution in [0.1, 0.15) is 24.0 Å². The molecule has 2 aromatic rings. The molecule has 1 aromatic carbocycles. The molecule has 1 aromatic heterocycles. The van der Waals surface area contributed by atoms with Gasteiger partial charge in [-0.3, -0.25) is 0 Å². The number of aromatic nitrogens is 2. The number of nitrogens with two attached hydrogens (primary N) is 1. The Bertz CT molecular complexity index is 594. The van der Waals surface area contributed by atoms with Crippen molar-refractivity contribution >= 4 is 15.9 Å². The molecule has 2 N–H and O–H groups in total. The highest BCUT2D eigenvalue weighted by Crippen LogP contribution is 2.25. The van der Waals surface area contributed by atoms with Gasteiger partial charge in [-0.05, 0) is 44.5 Å². The van der Waals surface area contributed by atoms with Gasteiger partial charge in [-0.2, -0.15) is 0 Å². The van der Waals surface area contributed by atoms with E-state index in [9.17, 15) is 0 Å². The van der Waals surface area contributed by atoms with E-state index in [1.54, 1.807) is 0 Å². The predicted octanol–water partition coefficient (Wildman–Crippen LogP) is 3.41. The zero-order valence-electron chi connectivity index (χ0n) is 11.4. The maximum Gasteiger partial charge on any atom is 0.130 e. The first-order valence-electron chi connectivity index (χ1n) is 6.32. The molecule has 1 unspecified atom stereocenters. The minimum Gasteiger partial charge on any atom is -0.328 e. The van der Waals surface area contributed by atoms with Crippen LogP contribution in [0.5, 0.6) is 0 Å². The third kappa shape index (κ3) is 3.61. The highest BCUT2D eigenvalue weighted by molar-refractivity contribution is 9.10. The van der Waals surface area contributed by atoms with Crippen molar-refractivity contribution in [3.8, 4) is 11.3 Å². The van der Waals surface area contributed by atoms with Crippen molar-refractivity contribution < 1.29 is 0 Å². The average Bonchev–Trinajstić information content (AvgIpc) is 2.30. The molecule has 100 valence electrons. The summed E-state index contributed by atoms with van der Waals surface area (Å²) in [5.74, 6) is 0.810. The van der Waals surface area contributed by atoms with Crippen LogP contribution in [0.25, 0.3) is 11.3 Å². The van der Waals surface area contributed by atoms with Crippen molar-refractivity contribution in [2.75, 3.05) is 0 Å². The lowest BCUT2D eigenvalue weighted by molar-refractivity contribution is 0.699. The Morgan fingerprint density at radius 3 is 2.63 bits per heavy atom. The number of rotatable bonds is 3. The van der Waals surface area contributed by atoms with Crippen molar-refractivity contribution in [3.63, 3.8) is 0 Å². The highest BCUT2D eigenvalue weighted by Gasteiger charge is 2.09. The number of hydrogen-bond acceptors (Lipinski definition) is 3. The fourth-order valence-corrected chi connectivity index (χ4v) is 2.38. The van der Waals surface area contributed by atoms with Gasteiger partial charge in [-0.15, -0.1) is 0 Å². The Balaban J connectivity index is 2.49. The van der Waals surface area contributed by atoms with Crippen LogP contribution in [-0.2, 0) is 6.42 Å². The fourth-order valence-electron chi connectivity index (χ4n) is 2.02. The Morgan fingerprint density at radius 2 is 1.95 bits per heavy atom. The van der Waals surface area contributed by atoms with E-state index in [4.69, 9.17) is 5.73 Å². The highest BCUT2D eigenvalue weighted by atomic mass is 79.9. The third-order valence-corrected chi connectivity index (χ3v) is 3.37. The van der Waals surface area contributed by atoms with Crippen LogP contribution in [0.3, 0.4) is 0 Å². The smallest absolute Gasteiger partial charge is 0.130 e. The van der Waals surface area contributed by atoms with Gasteiger partial charge in [0.05, 0.1) is 5.69 Å². The summed E-state index contributed by atoms with van der Waals surface area (Å²) in [5.41, 5.74) is 10.1. The quantitative estimate of drug-likeness (QED) is 0.943. The first-order valence-corrected chi connectivity index (χ1v) is 7.11. The first-order chi connectivity index (χ1) is 8.95. The van der Waals surface area contributed by atoms with E-state index in [0.29, 0.717) is 6.42 Å². The summed E-state index contributed by atoms with van der Waals surface area (Å²) in [6.07, 6.45) is 0.696. The number of aryl methyl sites for hydroxylation is 2. The molecule has 0 fully saturated rings. The normalized spacial score (nSPS) is 12.5. The summed E-state index contributed by atoms with van der Waals surface area (Å²) < 4.78 is 1.05. The van der Waals surface area contributed by atoms with Crippen LogP contribution in [0.15, 0.2) is 28.7 Å². The van der Waals surface area contributed by atoms with Crippen molar-refractivity contribution in [2.24, 2.45) is 5.73 Å². The third-order valence-electron chi connectivity index (χ3n) is 2.88. The number of hydrogen-bond donors (Lipinski definition) is 1. The molecule has 0 amide bonds. The molecule has 1 atom stereocenters. The summed E-state index contributed by atoms with van der Waals surface area (Å²) in [6, 6.07) is 8.29. The van der Waals surface area contributed by atoms with Gasteiger partial charge in [0.2, 0.25) is 0 Å². The largest absolute Gasteiger partial charge is 0.328 e. The lowest BCUT2D eigenvalue weighted by atomic mass is 10.0. The molecule has 0 saturated heterocycles. The molecule has 0 radical (unpaired) electrons. The zero-order valence-corrected chi connectivity index (χ0v) is 13.0. The van der Waals surface area contributed by atoms with Gasteiger partial charge >= 0.3 is 0 Å². The summed E-state index contributed by atoms with van der Waals surface area (Å²) in [4.78, 5) is 9.08. The summed E-state index contributed by atoms with van der Waals surface area (Å²) >= 11 is 3.51. The lowest BCUT2D eigenvalue weighted by Crippen LogP contribution is -2.19. The monoisotopic (exact) mass is 319 g/mol. The SMILES string of the molecule is Cc1cc(-c2cc(Br)ccc2C)nc(CC(C)N)n1. The molecule has 1 heterocycles. The molecule has 19 heavy (non-hydrogen) atoms. The van der Waals surface area contributed by atoms with Gasteiger partial charge in [0.1, 0.15) is 5.82 Å². The number of halogens is 1. The average molecular weight is 320 g/mol. The topological polar surface area (TPSA) is 51.8 Å². The molecule has 2 rings (SSSR count). The van der Waals surface area contributed by atoms with E-state index >= 15 is 0 Å². The van der Waals surface area contributed by atoms with Gasteiger partial charge in [-0.25, -0.2) is 9.97 Å². The van der Waals surface area contributed by atoms with E-state index < -0.39 is 0 Å². The maximum atomic E-state index is 5.83. The van der Waals surface area contributed by atoms with Gasteiger partial charge in [0.25, 0.3) is 0 Å². The van der Waals surface area contributed by atoms with Crippen molar-refractivity contribution in [3.05, 3.63) is 45.8 Å². The molecule has 0 aliphatic rings.